The number of likely N-dealkylation sites (tertiary alicyclic amines) is 1. The first-order valence-corrected chi connectivity index (χ1v) is 12.4. The van der Waals surface area contributed by atoms with Gasteiger partial charge in [0, 0.05) is 24.5 Å². The van der Waals surface area contributed by atoms with Crippen LogP contribution in [0.25, 0.3) is 11.3 Å². The second kappa shape index (κ2) is 11.0. The maximum Gasteiger partial charge on any atom is 0.248 e. The molecule has 9 heteroatoms. The standard InChI is InChI=1S/C27H34N6O3/c1-17(2)25(33-15-19(4)30-31-33)27(36)32-14-6-8-23(32)26(35)29-22(16-34)20-9-11-21(12-10-20)24-18(3)7-5-13-28-24/h5,7,9-13,15,17,22-23,25,34H,6,8,14,16H2,1-4H3,(H,29,35)/t22-,23-,25-/m0/s1. The van der Waals surface area contributed by atoms with Crippen molar-refractivity contribution in [3.63, 3.8) is 0 Å². The number of hydrogen-bond donors (Lipinski definition) is 2. The lowest BCUT2D eigenvalue weighted by molar-refractivity contribution is -0.142. The second-order valence-electron chi connectivity index (χ2n) is 9.75. The highest BCUT2D eigenvalue weighted by atomic mass is 16.3. The summed E-state index contributed by atoms with van der Waals surface area (Å²) in [7, 11) is 0. The number of nitrogens with zero attached hydrogens (tertiary/aromatic N) is 5. The zero-order chi connectivity index (χ0) is 25.8. The van der Waals surface area contributed by atoms with Crippen LogP contribution in [0.1, 0.15) is 55.6 Å². The summed E-state index contributed by atoms with van der Waals surface area (Å²) in [6.07, 6.45) is 4.84. The fourth-order valence-corrected chi connectivity index (χ4v) is 4.84. The number of amides is 2. The van der Waals surface area contributed by atoms with E-state index >= 15 is 0 Å². The van der Waals surface area contributed by atoms with Crippen molar-refractivity contribution in [2.45, 2.75) is 58.7 Å². The lowest BCUT2D eigenvalue weighted by Crippen LogP contribution is -2.50. The molecule has 3 aromatic rings. The number of aryl methyl sites for hydroxylation is 2. The van der Waals surface area contributed by atoms with Crippen LogP contribution in [0.3, 0.4) is 0 Å². The molecule has 1 fully saturated rings. The number of pyridine rings is 1. The van der Waals surface area contributed by atoms with E-state index < -0.39 is 18.1 Å². The molecule has 0 radical (unpaired) electrons. The van der Waals surface area contributed by atoms with E-state index in [-0.39, 0.29) is 24.3 Å². The van der Waals surface area contributed by atoms with Crippen LogP contribution >= 0.6 is 0 Å². The molecule has 0 aliphatic carbocycles. The average Bonchev–Trinajstić information content (AvgIpc) is 3.52. The fourth-order valence-electron chi connectivity index (χ4n) is 4.84. The summed E-state index contributed by atoms with van der Waals surface area (Å²) in [5.41, 5.74) is 4.46. The number of hydrogen-bond acceptors (Lipinski definition) is 6. The SMILES string of the molecule is Cc1cn([C@H](C(=O)N2CCC[C@H]2C(=O)N[C@@H](CO)c2ccc(-c3ncccc3C)cc2)C(C)C)nn1. The van der Waals surface area contributed by atoms with Crippen LogP contribution in [-0.4, -0.2) is 61.0 Å². The zero-order valence-electron chi connectivity index (χ0n) is 21.3. The van der Waals surface area contributed by atoms with Crippen molar-refractivity contribution in [3.05, 3.63) is 65.6 Å². The molecule has 2 aromatic heterocycles. The summed E-state index contributed by atoms with van der Waals surface area (Å²) < 4.78 is 1.59. The van der Waals surface area contributed by atoms with Crippen LogP contribution in [0.15, 0.2) is 48.8 Å². The molecule has 3 heterocycles. The number of aliphatic hydroxyl groups excluding tert-OH is 1. The van der Waals surface area contributed by atoms with Crippen molar-refractivity contribution < 1.29 is 14.7 Å². The quantitative estimate of drug-likeness (QED) is 0.502. The van der Waals surface area contributed by atoms with Crippen LogP contribution in [-0.2, 0) is 9.59 Å². The third kappa shape index (κ3) is 5.31. The van der Waals surface area contributed by atoms with Gasteiger partial charge in [-0.2, -0.15) is 0 Å². The van der Waals surface area contributed by atoms with Gasteiger partial charge in [0.1, 0.15) is 12.1 Å². The molecular weight excluding hydrogens is 456 g/mol. The Hall–Kier alpha value is -3.59. The maximum atomic E-state index is 13.5. The Morgan fingerprint density at radius 1 is 1.17 bits per heavy atom. The van der Waals surface area contributed by atoms with E-state index in [0.29, 0.717) is 13.0 Å². The molecule has 0 unspecified atom stereocenters. The number of aliphatic hydroxyl groups is 1. The van der Waals surface area contributed by atoms with Gasteiger partial charge in [0.15, 0.2) is 0 Å². The van der Waals surface area contributed by atoms with Crippen molar-refractivity contribution in [1.82, 2.24) is 30.2 Å². The van der Waals surface area contributed by atoms with E-state index in [1.807, 2.05) is 64.1 Å². The predicted octanol–water partition coefficient (Wildman–Crippen LogP) is 2.99. The molecular formula is C27H34N6O3. The first-order valence-electron chi connectivity index (χ1n) is 12.4. The monoisotopic (exact) mass is 490 g/mol. The van der Waals surface area contributed by atoms with Gasteiger partial charge in [-0.15, -0.1) is 5.10 Å². The van der Waals surface area contributed by atoms with Crippen molar-refractivity contribution in [2.24, 2.45) is 5.92 Å². The second-order valence-corrected chi connectivity index (χ2v) is 9.75. The zero-order valence-corrected chi connectivity index (χ0v) is 21.3. The van der Waals surface area contributed by atoms with E-state index in [4.69, 9.17) is 0 Å². The third-order valence-electron chi connectivity index (χ3n) is 6.73. The number of rotatable bonds is 8. The van der Waals surface area contributed by atoms with E-state index in [1.54, 1.807) is 22.0 Å². The molecule has 1 aliphatic heterocycles. The largest absolute Gasteiger partial charge is 0.394 e. The molecule has 1 aliphatic rings. The van der Waals surface area contributed by atoms with Gasteiger partial charge < -0.3 is 15.3 Å². The topological polar surface area (TPSA) is 113 Å². The molecule has 36 heavy (non-hydrogen) atoms. The summed E-state index contributed by atoms with van der Waals surface area (Å²) in [4.78, 5) is 32.9. The molecule has 2 amide bonds. The lowest BCUT2D eigenvalue weighted by atomic mass is 10.0. The van der Waals surface area contributed by atoms with Crippen LogP contribution in [0, 0.1) is 19.8 Å². The van der Waals surface area contributed by atoms with E-state index in [9.17, 15) is 14.7 Å². The Kier molecular flexibility index (Phi) is 7.79. The van der Waals surface area contributed by atoms with Gasteiger partial charge in [0.2, 0.25) is 11.8 Å². The molecule has 4 rings (SSSR count). The molecule has 2 N–H and O–H groups in total. The van der Waals surface area contributed by atoms with Crippen LogP contribution in [0.5, 0.6) is 0 Å². The predicted molar refractivity (Wildman–Crippen MR) is 136 cm³/mol. The van der Waals surface area contributed by atoms with Gasteiger partial charge in [0.05, 0.1) is 24.0 Å². The van der Waals surface area contributed by atoms with Crippen molar-refractivity contribution >= 4 is 11.8 Å². The number of carbonyl (C=O) groups excluding carboxylic acids is 2. The first-order chi connectivity index (χ1) is 17.3. The Morgan fingerprint density at radius 3 is 2.53 bits per heavy atom. The summed E-state index contributed by atoms with van der Waals surface area (Å²) in [6, 6.07) is 9.88. The highest BCUT2D eigenvalue weighted by Gasteiger charge is 2.39. The molecule has 0 saturated carbocycles. The number of nitrogens with one attached hydrogen (secondary N) is 1. The number of aromatic nitrogens is 4. The number of carbonyl (C=O) groups is 2. The van der Waals surface area contributed by atoms with Crippen LogP contribution in [0.2, 0.25) is 0 Å². The molecule has 3 atom stereocenters. The Bertz CT molecular complexity index is 1210. The molecule has 1 saturated heterocycles. The summed E-state index contributed by atoms with van der Waals surface area (Å²) >= 11 is 0. The van der Waals surface area contributed by atoms with Gasteiger partial charge in [-0.3, -0.25) is 14.6 Å². The van der Waals surface area contributed by atoms with Crippen LogP contribution < -0.4 is 5.32 Å². The Balaban J connectivity index is 1.48. The maximum absolute atomic E-state index is 13.5. The minimum Gasteiger partial charge on any atom is -0.394 e. The molecule has 1 aromatic carbocycles. The Labute approximate surface area is 211 Å². The van der Waals surface area contributed by atoms with Gasteiger partial charge in [-0.25, -0.2) is 4.68 Å². The summed E-state index contributed by atoms with van der Waals surface area (Å²) in [6.45, 7) is 8.02. The van der Waals surface area contributed by atoms with Gasteiger partial charge in [-0.05, 0) is 49.8 Å². The third-order valence-corrected chi connectivity index (χ3v) is 6.73. The highest BCUT2D eigenvalue weighted by molar-refractivity contribution is 5.90. The van der Waals surface area contributed by atoms with Gasteiger partial charge >= 0.3 is 0 Å². The molecule has 0 bridgehead atoms. The smallest absolute Gasteiger partial charge is 0.248 e. The first kappa shape index (κ1) is 25.5. The molecule has 9 nitrogen and oxygen atoms in total. The summed E-state index contributed by atoms with van der Waals surface area (Å²) in [5, 5.41) is 21.2. The lowest BCUT2D eigenvalue weighted by Gasteiger charge is -2.30. The van der Waals surface area contributed by atoms with E-state index in [1.165, 1.54) is 0 Å². The molecule has 190 valence electrons. The average molecular weight is 491 g/mol. The minimum absolute atomic E-state index is 0.0191. The van der Waals surface area contributed by atoms with Crippen molar-refractivity contribution in [1.29, 1.82) is 0 Å². The Morgan fingerprint density at radius 2 is 1.92 bits per heavy atom. The number of benzene rings is 1. The highest BCUT2D eigenvalue weighted by Crippen LogP contribution is 2.27. The van der Waals surface area contributed by atoms with Gasteiger partial charge in [0.25, 0.3) is 0 Å². The molecule has 0 spiro atoms. The van der Waals surface area contributed by atoms with Gasteiger partial charge in [-0.1, -0.05) is 49.4 Å². The summed E-state index contributed by atoms with van der Waals surface area (Å²) in [5.74, 6) is -0.417. The minimum atomic E-state index is -0.590. The van der Waals surface area contributed by atoms with Crippen LogP contribution in [0.4, 0.5) is 0 Å². The fraction of sp³-hybridized carbons (Fsp3) is 0.444. The van der Waals surface area contributed by atoms with E-state index in [2.05, 4.69) is 20.6 Å². The van der Waals surface area contributed by atoms with E-state index in [0.717, 1.165) is 34.5 Å². The normalized spacial score (nSPS) is 17.3. The van der Waals surface area contributed by atoms with Crippen molar-refractivity contribution in [3.8, 4) is 11.3 Å². The van der Waals surface area contributed by atoms with Crippen molar-refractivity contribution in [2.75, 3.05) is 13.2 Å².